The Bertz CT molecular complexity index is 454. The fourth-order valence-electron chi connectivity index (χ4n) is 1.26. The Morgan fingerprint density at radius 3 is 2.84 bits per heavy atom. The van der Waals surface area contributed by atoms with Crippen LogP contribution in [-0.4, -0.2) is 40.1 Å². The summed E-state index contributed by atoms with van der Waals surface area (Å²) < 4.78 is 0. The van der Waals surface area contributed by atoms with Crippen LogP contribution in [0.4, 0.5) is 4.79 Å². The summed E-state index contributed by atoms with van der Waals surface area (Å²) >= 11 is 1.67. The van der Waals surface area contributed by atoms with Gasteiger partial charge in [0.15, 0.2) is 0 Å². The SMILES string of the molecule is CSC(C)CNC(=O)NCc1cc(C(=O)O)ccn1. The fraction of sp³-hybridized carbons (Fsp3) is 0.417. The highest BCUT2D eigenvalue weighted by Crippen LogP contribution is 2.03. The minimum atomic E-state index is -1.01. The van der Waals surface area contributed by atoms with Crippen molar-refractivity contribution in [2.75, 3.05) is 12.8 Å². The molecule has 7 heteroatoms. The van der Waals surface area contributed by atoms with Crippen LogP contribution in [0, 0.1) is 0 Å². The van der Waals surface area contributed by atoms with Crippen LogP contribution in [0.1, 0.15) is 23.0 Å². The van der Waals surface area contributed by atoms with Crippen molar-refractivity contribution in [2.24, 2.45) is 0 Å². The topological polar surface area (TPSA) is 91.3 Å². The van der Waals surface area contributed by atoms with E-state index in [9.17, 15) is 9.59 Å². The maximum atomic E-state index is 11.5. The number of carbonyl (C=O) groups excluding carboxylic acids is 1. The molecule has 1 aromatic heterocycles. The minimum Gasteiger partial charge on any atom is -0.478 e. The van der Waals surface area contributed by atoms with E-state index in [1.54, 1.807) is 11.8 Å². The van der Waals surface area contributed by atoms with Crippen LogP contribution in [0.3, 0.4) is 0 Å². The Morgan fingerprint density at radius 2 is 2.21 bits per heavy atom. The van der Waals surface area contributed by atoms with Gasteiger partial charge in [-0.2, -0.15) is 11.8 Å². The Morgan fingerprint density at radius 1 is 1.47 bits per heavy atom. The first-order chi connectivity index (χ1) is 9.02. The molecule has 0 aromatic carbocycles. The van der Waals surface area contributed by atoms with Gasteiger partial charge in [-0.05, 0) is 18.4 Å². The number of aromatic carboxylic acids is 1. The maximum Gasteiger partial charge on any atom is 0.335 e. The summed E-state index contributed by atoms with van der Waals surface area (Å²) in [4.78, 5) is 26.2. The van der Waals surface area contributed by atoms with Crippen molar-refractivity contribution in [1.82, 2.24) is 15.6 Å². The maximum absolute atomic E-state index is 11.5. The van der Waals surface area contributed by atoms with Gasteiger partial charge in [0.2, 0.25) is 0 Å². The number of thioether (sulfide) groups is 1. The molecule has 1 atom stereocenters. The number of aromatic nitrogens is 1. The summed E-state index contributed by atoms with van der Waals surface area (Å²) in [5.74, 6) is -1.01. The first kappa shape index (κ1) is 15.3. The molecule has 1 unspecified atom stereocenters. The molecule has 1 aromatic rings. The molecular weight excluding hydrogens is 266 g/mol. The standard InChI is InChI=1S/C12H17N3O3S/c1-8(19-2)6-14-12(18)15-7-10-5-9(11(16)17)3-4-13-10/h3-5,8H,6-7H2,1-2H3,(H,16,17)(H2,14,15,18). The molecule has 2 amide bonds. The van der Waals surface area contributed by atoms with E-state index < -0.39 is 5.97 Å². The van der Waals surface area contributed by atoms with Crippen LogP contribution in [0.25, 0.3) is 0 Å². The summed E-state index contributed by atoms with van der Waals surface area (Å²) in [5, 5.41) is 14.5. The van der Waals surface area contributed by atoms with Crippen LogP contribution >= 0.6 is 11.8 Å². The van der Waals surface area contributed by atoms with E-state index in [-0.39, 0.29) is 18.1 Å². The van der Waals surface area contributed by atoms with Crippen molar-refractivity contribution in [3.05, 3.63) is 29.6 Å². The second-order valence-electron chi connectivity index (χ2n) is 3.95. The zero-order valence-corrected chi connectivity index (χ0v) is 11.7. The van der Waals surface area contributed by atoms with E-state index in [2.05, 4.69) is 15.6 Å². The van der Waals surface area contributed by atoms with E-state index >= 15 is 0 Å². The summed E-state index contributed by atoms with van der Waals surface area (Å²) in [6.45, 7) is 2.79. The molecular formula is C12H17N3O3S. The molecule has 0 saturated heterocycles. The highest BCUT2D eigenvalue weighted by atomic mass is 32.2. The fourth-order valence-corrected chi connectivity index (χ4v) is 1.51. The predicted molar refractivity (Wildman–Crippen MR) is 74.4 cm³/mol. The Hall–Kier alpha value is -1.76. The van der Waals surface area contributed by atoms with E-state index in [0.717, 1.165) is 0 Å². The van der Waals surface area contributed by atoms with E-state index in [4.69, 9.17) is 5.11 Å². The summed E-state index contributed by atoms with van der Waals surface area (Å²) in [6.07, 6.45) is 3.39. The number of urea groups is 1. The number of carbonyl (C=O) groups is 2. The van der Waals surface area contributed by atoms with Gasteiger partial charge < -0.3 is 15.7 Å². The molecule has 0 fully saturated rings. The number of nitrogens with zero attached hydrogens (tertiary/aromatic N) is 1. The Kier molecular flexibility index (Phi) is 6.14. The lowest BCUT2D eigenvalue weighted by Crippen LogP contribution is -2.38. The number of nitrogens with one attached hydrogen (secondary N) is 2. The number of amides is 2. The number of pyridine rings is 1. The van der Waals surface area contributed by atoms with Gasteiger partial charge in [-0.25, -0.2) is 9.59 Å². The number of hydrogen-bond donors (Lipinski definition) is 3. The zero-order chi connectivity index (χ0) is 14.3. The molecule has 0 aliphatic carbocycles. The molecule has 19 heavy (non-hydrogen) atoms. The third-order valence-electron chi connectivity index (χ3n) is 2.45. The van der Waals surface area contributed by atoms with Crippen LogP contribution in [0.2, 0.25) is 0 Å². The average Bonchev–Trinajstić information content (AvgIpc) is 2.42. The molecule has 0 aliphatic rings. The number of carboxylic acid groups (broad SMARTS) is 1. The molecule has 1 rings (SSSR count). The molecule has 1 heterocycles. The lowest BCUT2D eigenvalue weighted by Gasteiger charge is -2.10. The summed E-state index contributed by atoms with van der Waals surface area (Å²) in [6, 6.07) is 2.56. The van der Waals surface area contributed by atoms with Crippen molar-refractivity contribution < 1.29 is 14.7 Å². The van der Waals surface area contributed by atoms with Gasteiger partial charge in [0.25, 0.3) is 0 Å². The Balaban J connectivity index is 2.42. The third-order valence-corrected chi connectivity index (χ3v) is 3.42. The van der Waals surface area contributed by atoms with Gasteiger partial charge in [0.1, 0.15) is 0 Å². The van der Waals surface area contributed by atoms with Gasteiger partial charge in [-0.3, -0.25) is 4.98 Å². The second-order valence-corrected chi connectivity index (χ2v) is 5.23. The third kappa shape index (κ3) is 5.60. The first-order valence-electron chi connectivity index (χ1n) is 5.75. The van der Waals surface area contributed by atoms with Crippen molar-refractivity contribution in [3.63, 3.8) is 0 Å². The van der Waals surface area contributed by atoms with Crippen molar-refractivity contribution >= 4 is 23.8 Å². The highest BCUT2D eigenvalue weighted by molar-refractivity contribution is 7.99. The normalized spacial score (nSPS) is 11.7. The lowest BCUT2D eigenvalue weighted by molar-refractivity contribution is 0.0696. The molecule has 6 nitrogen and oxygen atoms in total. The minimum absolute atomic E-state index is 0.156. The molecule has 0 aliphatic heterocycles. The lowest BCUT2D eigenvalue weighted by atomic mass is 10.2. The second kappa shape index (κ2) is 7.63. The van der Waals surface area contributed by atoms with Gasteiger partial charge in [-0.15, -0.1) is 0 Å². The molecule has 104 valence electrons. The van der Waals surface area contributed by atoms with Crippen LogP contribution < -0.4 is 10.6 Å². The van der Waals surface area contributed by atoms with Crippen LogP contribution in [-0.2, 0) is 6.54 Å². The van der Waals surface area contributed by atoms with Gasteiger partial charge >= 0.3 is 12.0 Å². The molecule has 3 N–H and O–H groups in total. The van der Waals surface area contributed by atoms with Gasteiger partial charge in [-0.1, -0.05) is 6.92 Å². The smallest absolute Gasteiger partial charge is 0.335 e. The first-order valence-corrected chi connectivity index (χ1v) is 7.04. The highest BCUT2D eigenvalue weighted by Gasteiger charge is 2.06. The largest absolute Gasteiger partial charge is 0.478 e. The van der Waals surface area contributed by atoms with E-state index in [1.807, 2.05) is 13.2 Å². The average molecular weight is 283 g/mol. The van der Waals surface area contributed by atoms with Crippen molar-refractivity contribution in [1.29, 1.82) is 0 Å². The van der Waals surface area contributed by atoms with Crippen LogP contribution in [0.5, 0.6) is 0 Å². The van der Waals surface area contributed by atoms with Gasteiger partial charge in [0, 0.05) is 18.0 Å². The van der Waals surface area contributed by atoms with Crippen molar-refractivity contribution in [2.45, 2.75) is 18.7 Å². The van der Waals surface area contributed by atoms with E-state index in [1.165, 1.54) is 18.3 Å². The molecule has 0 saturated carbocycles. The van der Waals surface area contributed by atoms with Crippen LogP contribution in [0.15, 0.2) is 18.3 Å². The molecule has 0 spiro atoms. The molecule has 0 radical (unpaired) electrons. The van der Waals surface area contributed by atoms with E-state index in [0.29, 0.717) is 17.5 Å². The molecule has 0 bridgehead atoms. The summed E-state index contributed by atoms with van der Waals surface area (Å²) in [7, 11) is 0. The number of rotatable bonds is 6. The number of hydrogen-bond acceptors (Lipinski definition) is 4. The monoisotopic (exact) mass is 283 g/mol. The zero-order valence-electron chi connectivity index (χ0n) is 10.8. The van der Waals surface area contributed by atoms with Crippen molar-refractivity contribution in [3.8, 4) is 0 Å². The Labute approximate surface area is 116 Å². The quantitative estimate of drug-likeness (QED) is 0.732. The van der Waals surface area contributed by atoms with Gasteiger partial charge in [0.05, 0.1) is 17.8 Å². The number of carboxylic acids is 1. The predicted octanol–water partition coefficient (Wildman–Crippen LogP) is 1.33. The summed E-state index contributed by atoms with van der Waals surface area (Å²) in [5.41, 5.74) is 0.663.